The number of ether oxygens (including phenoxy) is 2. The lowest BCUT2D eigenvalue weighted by molar-refractivity contribution is -0.132. The minimum absolute atomic E-state index is 0.152. The molecule has 0 bridgehead atoms. The molecule has 3 rings (SSSR count). The summed E-state index contributed by atoms with van der Waals surface area (Å²) < 4.78 is 11.1. The highest BCUT2D eigenvalue weighted by atomic mass is 16.5. The van der Waals surface area contributed by atoms with E-state index < -0.39 is 0 Å². The molecular formula is C16H21NO3. The van der Waals surface area contributed by atoms with Crippen LogP contribution >= 0.6 is 0 Å². The van der Waals surface area contributed by atoms with Gasteiger partial charge in [0.25, 0.3) is 0 Å². The lowest BCUT2D eigenvalue weighted by atomic mass is 9.98. The normalized spacial score (nSPS) is 24.9. The molecule has 0 N–H and O–H groups in total. The first-order chi connectivity index (χ1) is 9.75. The molecule has 1 fully saturated rings. The molecule has 4 heteroatoms. The van der Waals surface area contributed by atoms with Crippen LogP contribution in [0.2, 0.25) is 0 Å². The molecule has 0 saturated carbocycles. The summed E-state index contributed by atoms with van der Waals surface area (Å²) in [6, 6.07) is 7.82. The van der Waals surface area contributed by atoms with E-state index >= 15 is 0 Å². The molecular weight excluding hydrogens is 254 g/mol. The zero-order valence-electron chi connectivity index (χ0n) is 11.9. The fourth-order valence-electron chi connectivity index (χ4n) is 3.06. The van der Waals surface area contributed by atoms with Gasteiger partial charge in [0.15, 0.2) is 0 Å². The van der Waals surface area contributed by atoms with Gasteiger partial charge in [0.2, 0.25) is 5.91 Å². The van der Waals surface area contributed by atoms with Crippen LogP contribution in [0.1, 0.15) is 24.3 Å². The number of para-hydroxylation sites is 1. The maximum absolute atomic E-state index is 12.6. The SMILES string of the molecule is CN(CC1CCCOC1)C(=O)C1COc2ccccc21. The van der Waals surface area contributed by atoms with Crippen molar-refractivity contribution in [1.82, 2.24) is 4.90 Å². The standard InChI is InChI=1S/C16H21NO3/c1-17(9-12-5-4-8-19-10-12)16(18)14-11-20-15-7-3-2-6-13(14)15/h2-3,6-7,12,14H,4-5,8-11H2,1H3. The van der Waals surface area contributed by atoms with Gasteiger partial charge in [0, 0.05) is 25.8 Å². The van der Waals surface area contributed by atoms with Crippen molar-refractivity contribution in [3.05, 3.63) is 29.8 Å². The second kappa shape index (κ2) is 5.83. The number of carbonyl (C=O) groups excluding carboxylic acids is 1. The molecule has 2 heterocycles. The minimum Gasteiger partial charge on any atom is -0.492 e. The fraction of sp³-hybridized carbons (Fsp3) is 0.562. The third-order valence-corrected chi connectivity index (χ3v) is 4.16. The molecule has 2 aliphatic rings. The lowest BCUT2D eigenvalue weighted by Crippen LogP contribution is -2.38. The van der Waals surface area contributed by atoms with E-state index in [9.17, 15) is 4.79 Å². The van der Waals surface area contributed by atoms with Crippen LogP contribution in [0.15, 0.2) is 24.3 Å². The molecule has 0 aliphatic carbocycles. The monoisotopic (exact) mass is 275 g/mol. The van der Waals surface area contributed by atoms with Crippen LogP contribution < -0.4 is 4.74 Å². The number of amides is 1. The van der Waals surface area contributed by atoms with Crippen LogP contribution in [0.5, 0.6) is 5.75 Å². The Kier molecular flexibility index (Phi) is 3.92. The fourth-order valence-corrected chi connectivity index (χ4v) is 3.06. The molecule has 2 unspecified atom stereocenters. The Balaban J connectivity index is 1.64. The quantitative estimate of drug-likeness (QED) is 0.847. The van der Waals surface area contributed by atoms with Crippen molar-refractivity contribution in [1.29, 1.82) is 0 Å². The van der Waals surface area contributed by atoms with Gasteiger partial charge in [-0.25, -0.2) is 0 Å². The predicted octanol–water partition coefficient (Wildman–Crippen LogP) is 2.05. The van der Waals surface area contributed by atoms with Gasteiger partial charge in [0.1, 0.15) is 18.3 Å². The smallest absolute Gasteiger partial charge is 0.233 e. The molecule has 108 valence electrons. The predicted molar refractivity (Wildman–Crippen MR) is 75.9 cm³/mol. The van der Waals surface area contributed by atoms with E-state index in [1.54, 1.807) is 0 Å². The largest absolute Gasteiger partial charge is 0.492 e. The van der Waals surface area contributed by atoms with E-state index in [-0.39, 0.29) is 11.8 Å². The Labute approximate surface area is 119 Å². The molecule has 0 spiro atoms. The Morgan fingerprint density at radius 3 is 3.00 bits per heavy atom. The maximum Gasteiger partial charge on any atom is 0.233 e. The van der Waals surface area contributed by atoms with E-state index in [4.69, 9.17) is 9.47 Å². The summed E-state index contributed by atoms with van der Waals surface area (Å²) in [5, 5.41) is 0. The summed E-state index contributed by atoms with van der Waals surface area (Å²) in [7, 11) is 1.89. The molecule has 0 radical (unpaired) electrons. The van der Waals surface area contributed by atoms with Crippen LogP contribution in [-0.4, -0.2) is 44.2 Å². The summed E-state index contributed by atoms with van der Waals surface area (Å²) in [4.78, 5) is 14.4. The molecule has 20 heavy (non-hydrogen) atoms. The van der Waals surface area contributed by atoms with Crippen molar-refractivity contribution in [2.24, 2.45) is 5.92 Å². The molecule has 1 saturated heterocycles. The average Bonchev–Trinajstić information content (AvgIpc) is 2.91. The summed E-state index contributed by atoms with van der Waals surface area (Å²) in [5.41, 5.74) is 1.02. The highest BCUT2D eigenvalue weighted by Crippen LogP contribution is 2.34. The minimum atomic E-state index is -0.152. The molecule has 1 amide bonds. The van der Waals surface area contributed by atoms with Crippen LogP contribution in [0.4, 0.5) is 0 Å². The highest BCUT2D eigenvalue weighted by Gasteiger charge is 2.32. The van der Waals surface area contributed by atoms with Crippen molar-refractivity contribution in [3.63, 3.8) is 0 Å². The number of likely N-dealkylation sites (N-methyl/N-ethyl adjacent to an activating group) is 1. The van der Waals surface area contributed by atoms with E-state index in [1.165, 1.54) is 0 Å². The van der Waals surface area contributed by atoms with E-state index in [0.717, 1.165) is 43.9 Å². The summed E-state index contributed by atoms with van der Waals surface area (Å²) in [6.45, 7) is 2.87. The van der Waals surface area contributed by atoms with Crippen LogP contribution in [0.3, 0.4) is 0 Å². The molecule has 2 aliphatic heterocycles. The van der Waals surface area contributed by atoms with Crippen molar-refractivity contribution in [2.45, 2.75) is 18.8 Å². The number of benzene rings is 1. The number of hydrogen-bond acceptors (Lipinski definition) is 3. The Morgan fingerprint density at radius 2 is 2.20 bits per heavy atom. The van der Waals surface area contributed by atoms with Gasteiger partial charge in [-0.1, -0.05) is 18.2 Å². The van der Waals surface area contributed by atoms with Crippen molar-refractivity contribution in [2.75, 3.05) is 33.4 Å². The molecule has 4 nitrogen and oxygen atoms in total. The maximum atomic E-state index is 12.6. The average molecular weight is 275 g/mol. The van der Waals surface area contributed by atoms with Gasteiger partial charge in [-0.2, -0.15) is 0 Å². The van der Waals surface area contributed by atoms with E-state index in [2.05, 4.69) is 0 Å². The molecule has 1 aromatic carbocycles. The number of hydrogen-bond donors (Lipinski definition) is 0. The number of carbonyl (C=O) groups is 1. The molecule has 1 aromatic rings. The van der Waals surface area contributed by atoms with Crippen LogP contribution in [0.25, 0.3) is 0 Å². The number of fused-ring (bicyclic) bond motifs is 1. The van der Waals surface area contributed by atoms with Crippen LogP contribution in [-0.2, 0) is 9.53 Å². The summed E-state index contributed by atoms with van der Waals surface area (Å²) >= 11 is 0. The van der Waals surface area contributed by atoms with Gasteiger partial charge in [-0.3, -0.25) is 4.79 Å². The Hall–Kier alpha value is -1.55. The third-order valence-electron chi connectivity index (χ3n) is 4.16. The zero-order valence-corrected chi connectivity index (χ0v) is 11.9. The first-order valence-corrected chi connectivity index (χ1v) is 7.30. The second-order valence-electron chi connectivity index (χ2n) is 5.70. The molecule has 2 atom stereocenters. The van der Waals surface area contributed by atoms with Crippen molar-refractivity contribution in [3.8, 4) is 5.75 Å². The van der Waals surface area contributed by atoms with E-state index in [0.29, 0.717) is 12.5 Å². The van der Waals surface area contributed by atoms with Crippen molar-refractivity contribution < 1.29 is 14.3 Å². The molecule has 0 aromatic heterocycles. The zero-order chi connectivity index (χ0) is 13.9. The highest BCUT2D eigenvalue weighted by molar-refractivity contribution is 5.85. The lowest BCUT2D eigenvalue weighted by Gasteiger charge is -2.28. The Bertz CT molecular complexity index is 482. The first-order valence-electron chi connectivity index (χ1n) is 7.30. The Morgan fingerprint density at radius 1 is 1.35 bits per heavy atom. The van der Waals surface area contributed by atoms with Gasteiger partial charge < -0.3 is 14.4 Å². The number of rotatable bonds is 3. The van der Waals surface area contributed by atoms with Gasteiger partial charge >= 0.3 is 0 Å². The summed E-state index contributed by atoms with van der Waals surface area (Å²) in [5.74, 6) is 1.32. The van der Waals surface area contributed by atoms with Gasteiger partial charge in [-0.05, 0) is 24.8 Å². The summed E-state index contributed by atoms with van der Waals surface area (Å²) in [6.07, 6.45) is 2.25. The first kappa shape index (κ1) is 13.4. The second-order valence-corrected chi connectivity index (χ2v) is 5.70. The topological polar surface area (TPSA) is 38.8 Å². The van der Waals surface area contributed by atoms with E-state index in [1.807, 2.05) is 36.2 Å². The van der Waals surface area contributed by atoms with Gasteiger partial charge in [0.05, 0.1) is 6.61 Å². The van der Waals surface area contributed by atoms with Crippen molar-refractivity contribution >= 4 is 5.91 Å². The number of nitrogens with zero attached hydrogens (tertiary/aromatic N) is 1. The third kappa shape index (κ3) is 2.66. The van der Waals surface area contributed by atoms with Gasteiger partial charge in [-0.15, -0.1) is 0 Å². The van der Waals surface area contributed by atoms with Crippen LogP contribution in [0, 0.1) is 5.92 Å².